The average Bonchev–Trinajstić information content (AvgIpc) is 3.08. The summed E-state index contributed by atoms with van der Waals surface area (Å²) in [7, 11) is 0. The third kappa shape index (κ3) is 2.23. The summed E-state index contributed by atoms with van der Waals surface area (Å²) < 4.78 is 1.82. The van der Waals surface area contributed by atoms with E-state index in [0.29, 0.717) is 23.5 Å². The van der Waals surface area contributed by atoms with Gasteiger partial charge >= 0.3 is 0 Å². The van der Waals surface area contributed by atoms with Crippen LogP contribution in [0.5, 0.6) is 0 Å². The van der Waals surface area contributed by atoms with E-state index in [9.17, 15) is 0 Å². The number of hydrogen-bond acceptors (Lipinski definition) is 6. The predicted molar refractivity (Wildman–Crippen MR) is 77.9 cm³/mol. The highest BCUT2D eigenvalue weighted by atomic mass is 16.3. The second-order valence-corrected chi connectivity index (χ2v) is 4.71. The van der Waals surface area contributed by atoms with Gasteiger partial charge in [-0.05, 0) is 12.0 Å². The van der Waals surface area contributed by atoms with E-state index in [-0.39, 0.29) is 18.5 Å². The minimum Gasteiger partial charge on any atom is -0.396 e. The molecule has 4 N–H and O–H groups in total. The van der Waals surface area contributed by atoms with Crippen molar-refractivity contribution in [3.8, 4) is 0 Å². The molecular formula is C13H16N6O. The number of nitrogens with one attached hydrogen (secondary N) is 1. The fraction of sp³-hybridized carbons (Fsp3) is 0.308. The molecular weight excluding hydrogens is 256 g/mol. The van der Waals surface area contributed by atoms with Crippen molar-refractivity contribution in [2.24, 2.45) is 5.92 Å². The summed E-state index contributed by atoms with van der Waals surface area (Å²) in [5.41, 5.74) is 8.24. The zero-order valence-corrected chi connectivity index (χ0v) is 11.0. The second-order valence-electron chi connectivity index (χ2n) is 4.71. The molecule has 1 fully saturated rings. The molecule has 1 saturated carbocycles. The van der Waals surface area contributed by atoms with Crippen LogP contribution in [-0.4, -0.2) is 37.8 Å². The number of aliphatic hydroxyl groups is 1. The summed E-state index contributed by atoms with van der Waals surface area (Å²) in [6, 6.07) is 0. The average molecular weight is 272 g/mol. The van der Waals surface area contributed by atoms with Crippen LogP contribution in [0.2, 0.25) is 0 Å². The number of nitrogens with zero attached hydrogens (tertiary/aromatic N) is 4. The first-order valence-corrected chi connectivity index (χ1v) is 6.39. The number of rotatable bonds is 5. The maximum absolute atomic E-state index is 9.07. The van der Waals surface area contributed by atoms with Gasteiger partial charge in [-0.25, -0.2) is 4.98 Å². The lowest BCUT2D eigenvalue weighted by Crippen LogP contribution is -2.05. The van der Waals surface area contributed by atoms with Gasteiger partial charge in [-0.2, -0.15) is 9.97 Å². The molecule has 1 atom stereocenters. The Labute approximate surface area is 115 Å². The van der Waals surface area contributed by atoms with Crippen molar-refractivity contribution < 1.29 is 5.11 Å². The van der Waals surface area contributed by atoms with Gasteiger partial charge in [0.05, 0.1) is 0 Å². The van der Waals surface area contributed by atoms with E-state index in [4.69, 9.17) is 10.8 Å². The van der Waals surface area contributed by atoms with E-state index in [1.165, 1.54) is 5.57 Å². The number of hydrogen-bond donors (Lipinski definition) is 3. The number of aliphatic hydroxyl groups excluding tert-OH is 1. The third-order valence-electron chi connectivity index (χ3n) is 3.22. The van der Waals surface area contributed by atoms with Crippen molar-refractivity contribution in [2.45, 2.75) is 6.42 Å². The Morgan fingerprint density at radius 3 is 3.10 bits per heavy atom. The maximum atomic E-state index is 9.07. The number of nitrogens with two attached hydrogens (primary N) is 1. The highest BCUT2D eigenvalue weighted by Gasteiger charge is 2.29. The number of nitrogen functional groups attached to an aromatic ring is 1. The monoisotopic (exact) mass is 272 g/mol. The minimum absolute atomic E-state index is 0.182. The van der Waals surface area contributed by atoms with Crippen molar-refractivity contribution in [1.82, 2.24) is 19.5 Å². The lowest BCUT2D eigenvalue weighted by atomic mass is 10.4. The van der Waals surface area contributed by atoms with Crippen LogP contribution in [0, 0.1) is 5.92 Å². The molecule has 2 aromatic heterocycles. The first kappa shape index (κ1) is 12.6. The molecule has 0 aromatic carbocycles. The van der Waals surface area contributed by atoms with Gasteiger partial charge < -0.3 is 16.2 Å². The van der Waals surface area contributed by atoms with Crippen molar-refractivity contribution in [3.05, 3.63) is 24.6 Å². The Morgan fingerprint density at radius 1 is 1.55 bits per heavy atom. The summed E-state index contributed by atoms with van der Waals surface area (Å²) in [5, 5.41) is 12.2. The number of anilines is 2. The van der Waals surface area contributed by atoms with Crippen LogP contribution in [0.15, 0.2) is 24.6 Å². The van der Waals surface area contributed by atoms with E-state index in [1.807, 2.05) is 10.8 Å². The Bertz CT molecular complexity index is 689. The van der Waals surface area contributed by atoms with Crippen LogP contribution in [0.3, 0.4) is 0 Å². The van der Waals surface area contributed by atoms with E-state index in [0.717, 1.165) is 6.42 Å². The van der Waals surface area contributed by atoms with Gasteiger partial charge in [0.15, 0.2) is 17.0 Å². The number of imidazole rings is 1. The number of fused-ring (bicyclic) bond motifs is 1. The fourth-order valence-electron chi connectivity index (χ4n) is 2.06. The molecule has 0 spiro atoms. The summed E-state index contributed by atoms with van der Waals surface area (Å²) in [5.74, 6) is 1.06. The lowest BCUT2D eigenvalue weighted by Gasteiger charge is -2.04. The fourth-order valence-corrected chi connectivity index (χ4v) is 2.06. The van der Waals surface area contributed by atoms with Crippen LogP contribution in [0.25, 0.3) is 17.4 Å². The summed E-state index contributed by atoms with van der Waals surface area (Å²) in [6.45, 7) is 4.41. The standard InChI is InChI=1S/C13H16N6O/c1-2-3-15-11-10-12(18-13(14)17-11)19(7-16-10)5-8-4-9(8)6-20/h2,5,7,9,20H,1,3-4,6H2,(H3,14,15,17,18)/b8-5-. The van der Waals surface area contributed by atoms with Gasteiger partial charge in [0.25, 0.3) is 0 Å². The largest absolute Gasteiger partial charge is 0.396 e. The molecule has 2 aromatic rings. The highest BCUT2D eigenvalue weighted by molar-refractivity contribution is 5.85. The molecule has 3 rings (SSSR count). The van der Waals surface area contributed by atoms with Crippen LogP contribution in [0.1, 0.15) is 6.42 Å². The quantitative estimate of drug-likeness (QED) is 0.698. The van der Waals surface area contributed by atoms with E-state index in [2.05, 4.69) is 26.8 Å². The van der Waals surface area contributed by atoms with Gasteiger partial charge in [-0.1, -0.05) is 6.08 Å². The van der Waals surface area contributed by atoms with Crippen molar-refractivity contribution in [2.75, 3.05) is 24.2 Å². The van der Waals surface area contributed by atoms with Gasteiger partial charge in [-0.3, -0.25) is 4.57 Å². The molecule has 104 valence electrons. The molecule has 7 heteroatoms. The first-order valence-electron chi connectivity index (χ1n) is 6.39. The van der Waals surface area contributed by atoms with E-state index >= 15 is 0 Å². The summed E-state index contributed by atoms with van der Waals surface area (Å²) in [4.78, 5) is 12.7. The van der Waals surface area contributed by atoms with Gasteiger partial charge in [0.2, 0.25) is 5.95 Å². The van der Waals surface area contributed by atoms with Crippen molar-refractivity contribution in [3.63, 3.8) is 0 Å². The molecule has 0 amide bonds. The molecule has 0 radical (unpaired) electrons. The normalized spacial score (nSPS) is 19.4. The Morgan fingerprint density at radius 2 is 2.40 bits per heavy atom. The molecule has 2 heterocycles. The summed E-state index contributed by atoms with van der Waals surface area (Å²) in [6.07, 6.45) is 6.27. The molecule has 1 unspecified atom stereocenters. The second kappa shape index (κ2) is 4.93. The molecule has 0 saturated heterocycles. The smallest absolute Gasteiger partial charge is 0.224 e. The Kier molecular flexibility index (Phi) is 3.11. The number of aromatic nitrogens is 4. The Hall–Kier alpha value is -2.41. The van der Waals surface area contributed by atoms with Gasteiger partial charge in [-0.15, -0.1) is 6.58 Å². The molecule has 0 aliphatic heterocycles. The SMILES string of the molecule is C=CCNc1nc(N)nc2c1ncn2/C=C1/CC1CO. The van der Waals surface area contributed by atoms with E-state index in [1.54, 1.807) is 12.4 Å². The Balaban J connectivity index is 2.01. The molecule has 1 aliphatic rings. The zero-order valence-electron chi connectivity index (χ0n) is 11.0. The van der Waals surface area contributed by atoms with Crippen LogP contribution in [0.4, 0.5) is 11.8 Å². The topological polar surface area (TPSA) is 102 Å². The van der Waals surface area contributed by atoms with Crippen LogP contribution >= 0.6 is 0 Å². The van der Waals surface area contributed by atoms with Crippen LogP contribution in [-0.2, 0) is 0 Å². The summed E-state index contributed by atoms with van der Waals surface area (Å²) >= 11 is 0. The van der Waals surface area contributed by atoms with Gasteiger partial charge in [0.1, 0.15) is 6.33 Å². The van der Waals surface area contributed by atoms with Crippen molar-refractivity contribution >= 4 is 29.1 Å². The third-order valence-corrected chi connectivity index (χ3v) is 3.22. The van der Waals surface area contributed by atoms with Crippen molar-refractivity contribution in [1.29, 1.82) is 0 Å². The molecule has 7 nitrogen and oxygen atoms in total. The zero-order chi connectivity index (χ0) is 14.1. The lowest BCUT2D eigenvalue weighted by molar-refractivity contribution is 0.281. The maximum Gasteiger partial charge on any atom is 0.224 e. The molecule has 0 bridgehead atoms. The minimum atomic E-state index is 0.182. The molecule has 1 aliphatic carbocycles. The van der Waals surface area contributed by atoms with Gasteiger partial charge in [0, 0.05) is 25.3 Å². The first-order chi connectivity index (χ1) is 9.72. The van der Waals surface area contributed by atoms with Crippen LogP contribution < -0.4 is 11.1 Å². The van der Waals surface area contributed by atoms with E-state index < -0.39 is 0 Å². The molecule has 20 heavy (non-hydrogen) atoms. The predicted octanol–water partition coefficient (Wildman–Crippen LogP) is 0.859. The highest BCUT2D eigenvalue weighted by Crippen LogP contribution is 2.37.